The molecule has 0 atom stereocenters. The molecule has 1 fully saturated rings. The van der Waals surface area contributed by atoms with Crippen LogP contribution < -0.4 is 0 Å². The number of amides is 1. The smallest absolute Gasteiger partial charge is 0.226 e. The van der Waals surface area contributed by atoms with Gasteiger partial charge in [0.05, 0.1) is 23.8 Å². The summed E-state index contributed by atoms with van der Waals surface area (Å²) in [5, 5.41) is 0. The molecule has 0 aliphatic carbocycles. The SMILES string of the molecule is Cc1cc(C)cc(CC(=O)N2CCC(n3cnc4ccc(C)cc43)CC2)c1. The Bertz CT molecular complexity index is 960. The lowest BCUT2D eigenvalue weighted by Crippen LogP contribution is -2.39. The number of aromatic nitrogens is 2. The summed E-state index contributed by atoms with van der Waals surface area (Å²) >= 11 is 0. The molecule has 0 bridgehead atoms. The average molecular weight is 361 g/mol. The molecule has 4 heteroatoms. The second-order valence-corrected chi connectivity index (χ2v) is 7.93. The van der Waals surface area contributed by atoms with Crippen molar-refractivity contribution in [1.29, 1.82) is 0 Å². The number of nitrogens with zero attached hydrogens (tertiary/aromatic N) is 3. The monoisotopic (exact) mass is 361 g/mol. The highest BCUT2D eigenvalue weighted by Gasteiger charge is 2.24. The van der Waals surface area contributed by atoms with Gasteiger partial charge < -0.3 is 9.47 Å². The lowest BCUT2D eigenvalue weighted by molar-refractivity contribution is -0.131. The summed E-state index contributed by atoms with van der Waals surface area (Å²) in [7, 11) is 0. The highest BCUT2D eigenvalue weighted by atomic mass is 16.2. The Hall–Kier alpha value is -2.62. The van der Waals surface area contributed by atoms with Crippen molar-refractivity contribution in [2.75, 3.05) is 13.1 Å². The van der Waals surface area contributed by atoms with Crippen molar-refractivity contribution in [1.82, 2.24) is 14.5 Å². The van der Waals surface area contributed by atoms with Crippen molar-refractivity contribution in [3.05, 3.63) is 65.0 Å². The predicted molar refractivity (Wildman–Crippen MR) is 109 cm³/mol. The molecule has 0 spiro atoms. The zero-order chi connectivity index (χ0) is 19.0. The Kier molecular flexibility index (Phi) is 4.73. The highest BCUT2D eigenvalue weighted by molar-refractivity contribution is 5.79. The van der Waals surface area contributed by atoms with Gasteiger partial charge in [0, 0.05) is 19.1 Å². The van der Waals surface area contributed by atoms with E-state index in [0.29, 0.717) is 12.5 Å². The lowest BCUT2D eigenvalue weighted by Gasteiger charge is -2.33. The first-order valence-corrected chi connectivity index (χ1v) is 9.78. The molecule has 4 rings (SSSR count). The number of aryl methyl sites for hydroxylation is 3. The van der Waals surface area contributed by atoms with Crippen LogP contribution in [-0.4, -0.2) is 33.4 Å². The van der Waals surface area contributed by atoms with Crippen LogP contribution >= 0.6 is 0 Å². The zero-order valence-corrected chi connectivity index (χ0v) is 16.4. The van der Waals surface area contributed by atoms with Crippen LogP contribution in [-0.2, 0) is 11.2 Å². The minimum absolute atomic E-state index is 0.241. The summed E-state index contributed by atoms with van der Waals surface area (Å²) in [6.07, 6.45) is 4.43. The quantitative estimate of drug-likeness (QED) is 0.695. The molecule has 1 amide bonds. The third-order valence-electron chi connectivity index (χ3n) is 5.58. The van der Waals surface area contributed by atoms with Crippen molar-refractivity contribution in [2.24, 2.45) is 0 Å². The van der Waals surface area contributed by atoms with E-state index < -0.39 is 0 Å². The molecule has 4 nitrogen and oxygen atoms in total. The van der Waals surface area contributed by atoms with E-state index in [-0.39, 0.29) is 5.91 Å². The van der Waals surface area contributed by atoms with E-state index in [2.05, 4.69) is 66.7 Å². The lowest BCUT2D eigenvalue weighted by atomic mass is 10.0. The molecule has 0 radical (unpaired) electrons. The van der Waals surface area contributed by atoms with Crippen LogP contribution in [0.4, 0.5) is 0 Å². The molecule has 27 heavy (non-hydrogen) atoms. The van der Waals surface area contributed by atoms with Crippen molar-refractivity contribution >= 4 is 16.9 Å². The fourth-order valence-corrected chi connectivity index (χ4v) is 4.28. The predicted octanol–water partition coefficient (Wildman–Crippen LogP) is 4.37. The van der Waals surface area contributed by atoms with Crippen LogP contribution in [0.15, 0.2) is 42.7 Å². The van der Waals surface area contributed by atoms with E-state index in [4.69, 9.17) is 0 Å². The number of likely N-dealkylation sites (tertiary alicyclic amines) is 1. The molecule has 140 valence electrons. The molecule has 0 saturated carbocycles. The number of carbonyl (C=O) groups excluding carboxylic acids is 1. The van der Waals surface area contributed by atoms with Gasteiger partial charge in [0.25, 0.3) is 0 Å². The number of imidazole rings is 1. The Morgan fingerprint density at radius 2 is 1.70 bits per heavy atom. The number of benzene rings is 2. The molecular formula is C23H27N3O. The van der Waals surface area contributed by atoms with Gasteiger partial charge in [-0.25, -0.2) is 4.98 Å². The third-order valence-corrected chi connectivity index (χ3v) is 5.58. The average Bonchev–Trinajstić information content (AvgIpc) is 3.04. The largest absolute Gasteiger partial charge is 0.342 e. The second-order valence-electron chi connectivity index (χ2n) is 7.93. The van der Waals surface area contributed by atoms with Gasteiger partial charge in [-0.15, -0.1) is 0 Å². The zero-order valence-electron chi connectivity index (χ0n) is 16.4. The standard InChI is InChI=1S/C23H27N3O/c1-16-4-5-21-22(13-16)26(15-24-21)20-6-8-25(9-7-20)23(27)14-19-11-17(2)10-18(3)12-19/h4-5,10-13,15,20H,6-9,14H2,1-3H3. The summed E-state index contributed by atoms with van der Waals surface area (Å²) in [4.78, 5) is 19.3. The van der Waals surface area contributed by atoms with Gasteiger partial charge in [-0.3, -0.25) is 4.79 Å². The van der Waals surface area contributed by atoms with Crippen LogP contribution in [0, 0.1) is 20.8 Å². The van der Waals surface area contributed by atoms with Gasteiger partial charge in [-0.1, -0.05) is 35.4 Å². The number of hydrogen-bond acceptors (Lipinski definition) is 2. The maximum Gasteiger partial charge on any atom is 0.226 e. The number of rotatable bonds is 3. The fraction of sp³-hybridized carbons (Fsp3) is 0.391. The van der Waals surface area contributed by atoms with Gasteiger partial charge in [-0.2, -0.15) is 0 Å². The number of fused-ring (bicyclic) bond motifs is 1. The molecular weight excluding hydrogens is 334 g/mol. The van der Waals surface area contributed by atoms with Gasteiger partial charge in [0.15, 0.2) is 0 Å². The summed E-state index contributed by atoms with van der Waals surface area (Å²) in [5.74, 6) is 0.241. The summed E-state index contributed by atoms with van der Waals surface area (Å²) in [6, 6.07) is 13.2. The Labute approximate surface area is 160 Å². The molecule has 1 aliphatic heterocycles. The molecule has 1 aromatic heterocycles. The van der Waals surface area contributed by atoms with E-state index in [9.17, 15) is 4.79 Å². The fourth-order valence-electron chi connectivity index (χ4n) is 4.28. The first-order chi connectivity index (χ1) is 13.0. The summed E-state index contributed by atoms with van der Waals surface area (Å²) in [6.45, 7) is 7.93. The molecule has 0 unspecified atom stereocenters. The maximum absolute atomic E-state index is 12.7. The van der Waals surface area contributed by atoms with Gasteiger partial charge in [-0.05, 0) is 56.9 Å². The highest BCUT2D eigenvalue weighted by Crippen LogP contribution is 2.27. The van der Waals surface area contributed by atoms with E-state index in [1.54, 1.807) is 0 Å². The normalized spacial score (nSPS) is 15.4. The van der Waals surface area contributed by atoms with E-state index >= 15 is 0 Å². The summed E-state index contributed by atoms with van der Waals surface area (Å²) < 4.78 is 2.30. The maximum atomic E-state index is 12.7. The van der Waals surface area contributed by atoms with Crippen LogP contribution in [0.5, 0.6) is 0 Å². The van der Waals surface area contributed by atoms with E-state index in [1.807, 2.05) is 11.2 Å². The van der Waals surface area contributed by atoms with Crippen molar-refractivity contribution < 1.29 is 4.79 Å². The van der Waals surface area contributed by atoms with Gasteiger partial charge >= 0.3 is 0 Å². The van der Waals surface area contributed by atoms with E-state index in [1.165, 1.54) is 22.2 Å². The molecule has 2 heterocycles. The van der Waals surface area contributed by atoms with Crippen molar-refractivity contribution in [2.45, 2.75) is 46.1 Å². The van der Waals surface area contributed by atoms with Crippen molar-refractivity contribution in [3.63, 3.8) is 0 Å². The Morgan fingerprint density at radius 1 is 1.00 bits per heavy atom. The topological polar surface area (TPSA) is 38.1 Å². The minimum atomic E-state index is 0.241. The number of piperidine rings is 1. The first kappa shape index (κ1) is 17.8. The molecule has 0 N–H and O–H groups in total. The molecule has 1 saturated heterocycles. The Morgan fingerprint density at radius 3 is 2.41 bits per heavy atom. The van der Waals surface area contributed by atoms with Crippen LogP contribution in [0.2, 0.25) is 0 Å². The summed E-state index contributed by atoms with van der Waals surface area (Å²) in [5.41, 5.74) is 7.07. The number of carbonyl (C=O) groups is 1. The van der Waals surface area contributed by atoms with Crippen molar-refractivity contribution in [3.8, 4) is 0 Å². The second kappa shape index (κ2) is 7.18. The van der Waals surface area contributed by atoms with Crippen LogP contribution in [0.25, 0.3) is 11.0 Å². The minimum Gasteiger partial charge on any atom is -0.342 e. The number of hydrogen-bond donors (Lipinski definition) is 0. The van der Waals surface area contributed by atoms with E-state index in [0.717, 1.165) is 37.0 Å². The Balaban J connectivity index is 1.42. The van der Waals surface area contributed by atoms with Crippen LogP contribution in [0.3, 0.4) is 0 Å². The van der Waals surface area contributed by atoms with Gasteiger partial charge in [0.2, 0.25) is 5.91 Å². The molecule has 3 aromatic rings. The first-order valence-electron chi connectivity index (χ1n) is 9.78. The third kappa shape index (κ3) is 3.75. The van der Waals surface area contributed by atoms with Gasteiger partial charge in [0.1, 0.15) is 0 Å². The molecule has 1 aliphatic rings. The van der Waals surface area contributed by atoms with Crippen LogP contribution in [0.1, 0.15) is 41.1 Å². The molecule has 2 aromatic carbocycles.